The molecule has 8 nitrogen and oxygen atoms in total. The fraction of sp³-hybridized carbons (Fsp3) is 0.333. The van der Waals surface area contributed by atoms with E-state index in [1.54, 1.807) is 18.2 Å². The monoisotopic (exact) mass is 463 g/mol. The van der Waals surface area contributed by atoms with Crippen LogP contribution in [0.25, 0.3) is 0 Å². The first-order chi connectivity index (χ1) is 14.8. The molecule has 2 aromatic carbocycles. The molecule has 0 spiro atoms. The van der Waals surface area contributed by atoms with E-state index in [1.807, 2.05) is 6.92 Å². The van der Waals surface area contributed by atoms with E-state index in [2.05, 4.69) is 10.6 Å². The summed E-state index contributed by atoms with van der Waals surface area (Å²) in [6.07, 6.45) is 1.15. The molecule has 0 aliphatic carbocycles. The van der Waals surface area contributed by atoms with Gasteiger partial charge in [-0.1, -0.05) is 17.7 Å². The molecule has 1 atom stereocenters. The van der Waals surface area contributed by atoms with E-state index in [9.17, 15) is 18.0 Å². The molecule has 0 aromatic heterocycles. The molecular weight excluding hydrogens is 442 g/mol. The molecule has 31 heavy (non-hydrogen) atoms. The molecule has 1 fully saturated rings. The van der Waals surface area contributed by atoms with Gasteiger partial charge in [0, 0.05) is 23.8 Å². The molecule has 2 N–H and O–H groups in total. The first kappa shape index (κ1) is 21.6. The fourth-order valence-electron chi connectivity index (χ4n) is 3.72. The van der Waals surface area contributed by atoms with Crippen molar-refractivity contribution in [1.82, 2.24) is 4.31 Å². The number of carbonyl (C=O) groups is 2. The van der Waals surface area contributed by atoms with Crippen LogP contribution in [0.2, 0.25) is 5.02 Å². The van der Waals surface area contributed by atoms with Gasteiger partial charge < -0.3 is 15.4 Å². The summed E-state index contributed by atoms with van der Waals surface area (Å²) in [4.78, 5) is 24.4. The molecule has 164 valence electrons. The van der Waals surface area contributed by atoms with Gasteiger partial charge in [-0.25, -0.2) is 8.42 Å². The predicted octanol–water partition coefficient (Wildman–Crippen LogP) is 3.02. The predicted molar refractivity (Wildman–Crippen MR) is 117 cm³/mol. The van der Waals surface area contributed by atoms with Crippen LogP contribution in [0.1, 0.15) is 18.4 Å². The zero-order valence-corrected chi connectivity index (χ0v) is 18.4. The highest BCUT2D eigenvalue weighted by Crippen LogP contribution is 2.33. The zero-order valence-electron chi connectivity index (χ0n) is 16.9. The lowest BCUT2D eigenvalue weighted by Crippen LogP contribution is -2.43. The summed E-state index contributed by atoms with van der Waals surface area (Å²) in [5.41, 5.74) is 1.69. The molecule has 1 unspecified atom stereocenters. The third kappa shape index (κ3) is 4.39. The third-order valence-electron chi connectivity index (χ3n) is 5.50. The number of hydrogen-bond donors (Lipinski definition) is 2. The van der Waals surface area contributed by atoms with Crippen molar-refractivity contribution in [2.24, 2.45) is 5.92 Å². The highest BCUT2D eigenvalue weighted by atomic mass is 35.5. The van der Waals surface area contributed by atoms with Crippen molar-refractivity contribution in [3.05, 3.63) is 47.0 Å². The van der Waals surface area contributed by atoms with Crippen LogP contribution >= 0.6 is 11.6 Å². The van der Waals surface area contributed by atoms with Crippen molar-refractivity contribution in [1.29, 1.82) is 0 Å². The van der Waals surface area contributed by atoms with Crippen molar-refractivity contribution < 1.29 is 22.7 Å². The second-order valence-electron chi connectivity index (χ2n) is 7.60. The topological polar surface area (TPSA) is 105 Å². The van der Waals surface area contributed by atoms with Gasteiger partial charge in [0.25, 0.3) is 5.91 Å². The summed E-state index contributed by atoms with van der Waals surface area (Å²) in [6, 6.07) is 9.62. The third-order valence-corrected chi connectivity index (χ3v) is 7.77. The highest BCUT2D eigenvalue weighted by Gasteiger charge is 2.34. The van der Waals surface area contributed by atoms with Crippen molar-refractivity contribution in [3.63, 3.8) is 0 Å². The molecule has 2 aliphatic heterocycles. The van der Waals surface area contributed by atoms with Crippen molar-refractivity contribution in [2.45, 2.75) is 24.7 Å². The number of ether oxygens (including phenoxy) is 1. The molecule has 0 bridgehead atoms. The van der Waals surface area contributed by atoms with E-state index >= 15 is 0 Å². The lowest BCUT2D eigenvalue weighted by Gasteiger charge is -2.31. The van der Waals surface area contributed by atoms with Gasteiger partial charge in [0.15, 0.2) is 6.61 Å². The Bertz CT molecular complexity index is 1150. The van der Waals surface area contributed by atoms with Crippen LogP contribution in [-0.2, 0) is 19.6 Å². The number of nitrogens with zero attached hydrogens (tertiary/aromatic N) is 1. The zero-order chi connectivity index (χ0) is 22.2. The maximum absolute atomic E-state index is 13.2. The van der Waals surface area contributed by atoms with Gasteiger partial charge in [-0.05, 0) is 55.7 Å². The summed E-state index contributed by atoms with van der Waals surface area (Å²) >= 11 is 6.12. The number of nitrogens with one attached hydrogen (secondary N) is 2. The number of carbonyl (C=O) groups excluding carboxylic acids is 2. The molecule has 2 aliphatic rings. The van der Waals surface area contributed by atoms with Gasteiger partial charge in [-0.3, -0.25) is 9.59 Å². The quantitative estimate of drug-likeness (QED) is 0.725. The van der Waals surface area contributed by atoms with Crippen LogP contribution < -0.4 is 15.4 Å². The smallest absolute Gasteiger partial charge is 0.262 e. The van der Waals surface area contributed by atoms with Crippen LogP contribution in [0.15, 0.2) is 41.3 Å². The second-order valence-corrected chi connectivity index (χ2v) is 9.94. The molecule has 0 saturated carbocycles. The Kier molecular flexibility index (Phi) is 5.92. The SMILES string of the molecule is Cc1c(Cl)cccc1NC(=O)C1CCCN(S(=O)(=O)c2ccc3c(c2)NC(=O)CO3)C1. The first-order valence-corrected chi connectivity index (χ1v) is 11.7. The van der Waals surface area contributed by atoms with Gasteiger partial charge in [-0.15, -0.1) is 0 Å². The Morgan fingerprint density at radius 2 is 2.10 bits per heavy atom. The molecule has 1 saturated heterocycles. The molecule has 0 radical (unpaired) electrons. The minimum atomic E-state index is -3.84. The number of anilines is 2. The van der Waals surface area contributed by atoms with Gasteiger partial charge in [0.2, 0.25) is 15.9 Å². The van der Waals surface area contributed by atoms with E-state index in [0.717, 1.165) is 5.56 Å². The Morgan fingerprint density at radius 1 is 1.29 bits per heavy atom. The number of sulfonamides is 1. The van der Waals surface area contributed by atoms with Crippen LogP contribution in [0.5, 0.6) is 5.75 Å². The fourth-order valence-corrected chi connectivity index (χ4v) is 5.45. The van der Waals surface area contributed by atoms with Crippen LogP contribution in [0, 0.1) is 12.8 Å². The summed E-state index contributed by atoms with van der Waals surface area (Å²) in [7, 11) is -3.84. The standard InChI is InChI=1S/C21H22ClN3O5S/c1-13-16(22)5-2-6-17(13)24-21(27)14-4-3-9-25(11-14)31(28,29)15-7-8-19-18(10-15)23-20(26)12-30-19/h2,5-8,10,14H,3-4,9,11-12H2,1H3,(H,23,26)(H,24,27). The van der Waals surface area contributed by atoms with Gasteiger partial charge >= 0.3 is 0 Å². The maximum atomic E-state index is 13.2. The molecule has 4 rings (SSSR count). The number of rotatable bonds is 4. The molecule has 2 amide bonds. The van der Waals surface area contributed by atoms with Crippen molar-refractivity contribution in [2.75, 3.05) is 30.3 Å². The van der Waals surface area contributed by atoms with Crippen molar-refractivity contribution in [3.8, 4) is 5.75 Å². The van der Waals surface area contributed by atoms with E-state index in [1.165, 1.54) is 22.5 Å². The number of hydrogen-bond acceptors (Lipinski definition) is 5. The number of benzene rings is 2. The van der Waals surface area contributed by atoms with Crippen LogP contribution in [-0.4, -0.2) is 44.2 Å². The average molecular weight is 464 g/mol. The largest absolute Gasteiger partial charge is 0.482 e. The molecular formula is C21H22ClN3O5S. The lowest BCUT2D eigenvalue weighted by molar-refractivity contribution is -0.121. The lowest BCUT2D eigenvalue weighted by atomic mass is 9.98. The Morgan fingerprint density at radius 3 is 2.90 bits per heavy atom. The summed E-state index contributed by atoms with van der Waals surface area (Å²) < 4.78 is 33.0. The summed E-state index contributed by atoms with van der Waals surface area (Å²) in [5, 5.41) is 6.04. The van der Waals surface area contributed by atoms with Crippen molar-refractivity contribution >= 4 is 44.8 Å². The highest BCUT2D eigenvalue weighted by molar-refractivity contribution is 7.89. The minimum Gasteiger partial charge on any atom is -0.482 e. The molecule has 2 aromatic rings. The maximum Gasteiger partial charge on any atom is 0.262 e. The first-order valence-electron chi connectivity index (χ1n) is 9.88. The summed E-state index contributed by atoms with van der Waals surface area (Å²) in [6.45, 7) is 2.11. The Hall–Kier alpha value is -2.62. The minimum absolute atomic E-state index is 0.0452. The van der Waals surface area contributed by atoms with Gasteiger partial charge in [0.1, 0.15) is 5.75 Å². The summed E-state index contributed by atoms with van der Waals surface area (Å²) in [5.74, 6) is -0.640. The number of fused-ring (bicyclic) bond motifs is 1. The average Bonchev–Trinajstić information content (AvgIpc) is 2.76. The van der Waals surface area contributed by atoms with Crippen LogP contribution in [0.4, 0.5) is 11.4 Å². The van der Waals surface area contributed by atoms with E-state index in [-0.39, 0.29) is 29.9 Å². The second kappa shape index (κ2) is 8.49. The van der Waals surface area contributed by atoms with E-state index in [4.69, 9.17) is 16.3 Å². The molecule has 10 heteroatoms. The van der Waals surface area contributed by atoms with Gasteiger partial charge in [0.05, 0.1) is 16.5 Å². The van der Waals surface area contributed by atoms with Crippen LogP contribution in [0.3, 0.4) is 0 Å². The van der Waals surface area contributed by atoms with E-state index < -0.39 is 15.9 Å². The number of piperidine rings is 1. The Labute approximate surface area is 185 Å². The number of amides is 2. The van der Waals surface area contributed by atoms with Gasteiger partial charge in [-0.2, -0.15) is 4.31 Å². The van der Waals surface area contributed by atoms with E-state index in [0.29, 0.717) is 41.5 Å². The number of halogens is 1. The Balaban J connectivity index is 1.51. The normalized spacial score (nSPS) is 19.2. The molecule has 2 heterocycles.